The Morgan fingerprint density at radius 3 is 2.81 bits per heavy atom. The normalized spacial score (nSPS) is 11.9. The van der Waals surface area contributed by atoms with Gasteiger partial charge in [-0.05, 0) is 18.2 Å². The second-order valence-electron chi connectivity index (χ2n) is 4.18. The van der Waals surface area contributed by atoms with Crippen LogP contribution in [0, 0.1) is 10.1 Å². The first-order valence-corrected chi connectivity index (χ1v) is 7.13. The molecular formula is C13H11ClN2O4S. The molecule has 1 atom stereocenters. The average Bonchev–Trinajstić information content (AvgIpc) is 2.91. The van der Waals surface area contributed by atoms with Crippen molar-refractivity contribution in [2.75, 3.05) is 6.54 Å². The number of aliphatic hydroxyl groups excluding tert-OH is 1. The molecule has 0 radical (unpaired) electrons. The van der Waals surface area contributed by atoms with Crippen LogP contribution in [0.2, 0.25) is 4.34 Å². The molecule has 0 aliphatic heterocycles. The molecule has 0 saturated heterocycles. The number of non-ortho nitro benzene ring substituents is 1. The number of amides is 1. The maximum Gasteiger partial charge on any atom is 0.270 e. The van der Waals surface area contributed by atoms with E-state index in [0.717, 1.165) is 0 Å². The number of nitrogens with zero attached hydrogens (tertiary/aromatic N) is 1. The molecule has 0 saturated carbocycles. The summed E-state index contributed by atoms with van der Waals surface area (Å²) in [4.78, 5) is 22.6. The molecular weight excluding hydrogens is 316 g/mol. The highest BCUT2D eigenvalue weighted by molar-refractivity contribution is 7.16. The van der Waals surface area contributed by atoms with E-state index in [2.05, 4.69) is 5.32 Å². The van der Waals surface area contributed by atoms with Gasteiger partial charge >= 0.3 is 0 Å². The van der Waals surface area contributed by atoms with Crippen LogP contribution < -0.4 is 5.32 Å². The van der Waals surface area contributed by atoms with Gasteiger partial charge in [0.2, 0.25) is 0 Å². The van der Waals surface area contributed by atoms with Gasteiger partial charge in [0.05, 0.1) is 9.26 Å². The number of hydrogen-bond acceptors (Lipinski definition) is 5. The highest BCUT2D eigenvalue weighted by Crippen LogP contribution is 2.26. The number of hydrogen-bond donors (Lipinski definition) is 2. The van der Waals surface area contributed by atoms with Gasteiger partial charge in [-0.25, -0.2) is 0 Å². The Hall–Kier alpha value is -1.96. The first-order valence-electron chi connectivity index (χ1n) is 5.93. The molecule has 0 unspecified atom stereocenters. The molecule has 2 aromatic rings. The third kappa shape index (κ3) is 4.01. The Bertz CT molecular complexity index is 674. The van der Waals surface area contributed by atoms with Crippen molar-refractivity contribution in [3.8, 4) is 0 Å². The minimum atomic E-state index is -0.870. The van der Waals surface area contributed by atoms with Crippen LogP contribution in [0.5, 0.6) is 0 Å². The summed E-state index contributed by atoms with van der Waals surface area (Å²) in [5.74, 6) is -0.486. The van der Waals surface area contributed by atoms with E-state index in [-0.39, 0.29) is 17.8 Å². The maximum atomic E-state index is 11.9. The van der Waals surface area contributed by atoms with Crippen LogP contribution >= 0.6 is 22.9 Å². The van der Waals surface area contributed by atoms with Crippen molar-refractivity contribution in [3.63, 3.8) is 0 Å². The summed E-state index contributed by atoms with van der Waals surface area (Å²) >= 11 is 6.99. The van der Waals surface area contributed by atoms with E-state index < -0.39 is 16.9 Å². The van der Waals surface area contributed by atoms with Gasteiger partial charge in [-0.3, -0.25) is 14.9 Å². The molecule has 2 N–H and O–H groups in total. The van der Waals surface area contributed by atoms with Crippen LogP contribution in [0.15, 0.2) is 36.4 Å². The molecule has 21 heavy (non-hydrogen) atoms. The fraction of sp³-hybridized carbons (Fsp3) is 0.154. The second kappa shape index (κ2) is 6.66. The number of carbonyl (C=O) groups is 1. The topological polar surface area (TPSA) is 92.5 Å². The number of carbonyl (C=O) groups excluding carboxylic acids is 1. The van der Waals surface area contributed by atoms with Gasteiger partial charge in [0.25, 0.3) is 11.6 Å². The first-order chi connectivity index (χ1) is 9.97. The molecule has 0 fully saturated rings. The number of nitro groups is 1. The Balaban J connectivity index is 1.98. The molecule has 110 valence electrons. The van der Waals surface area contributed by atoms with Gasteiger partial charge < -0.3 is 10.4 Å². The Morgan fingerprint density at radius 2 is 2.19 bits per heavy atom. The van der Waals surface area contributed by atoms with Crippen LogP contribution in [0.4, 0.5) is 5.69 Å². The SMILES string of the molecule is O=C(NC[C@H](O)c1ccc(Cl)s1)c1cccc([N+](=O)[O-])c1. The molecule has 1 aromatic heterocycles. The summed E-state index contributed by atoms with van der Waals surface area (Å²) in [5, 5.41) is 23.1. The van der Waals surface area contributed by atoms with Crippen molar-refractivity contribution < 1.29 is 14.8 Å². The smallest absolute Gasteiger partial charge is 0.270 e. The summed E-state index contributed by atoms with van der Waals surface area (Å²) in [5.41, 5.74) is 0.00819. The number of thiophene rings is 1. The molecule has 0 bridgehead atoms. The molecule has 8 heteroatoms. The van der Waals surface area contributed by atoms with Gasteiger partial charge in [-0.1, -0.05) is 17.7 Å². The largest absolute Gasteiger partial charge is 0.386 e. The Labute approximate surface area is 129 Å². The zero-order valence-electron chi connectivity index (χ0n) is 10.7. The highest BCUT2D eigenvalue weighted by atomic mass is 35.5. The van der Waals surface area contributed by atoms with E-state index in [4.69, 9.17) is 11.6 Å². The number of rotatable bonds is 5. The molecule has 6 nitrogen and oxygen atoms in total. The monoisotopic (exact) mass is 326 g/mol. The molecule has 0 aliphatic rings. The molecule has 1 heterocycles. The van der Waals surface area contributed by atoms with Crippen LogP contribution in [0.25, 0.3) is 0 Å². The van der Waals surface area contributed by atoms with Gasteiger partial charge in [-0.2, -0.15) is 0 Å². The second-order valence-corrected chi connectivity index (χ2v) is 5.92. The van der Waals surface area contributed by atoms with E-state index in [1.54, 1.807) is 12.1 Å². The standard InChI is InChI=1S/C13H11ClN2O4S/c14-12-5-4-11(21-12)10(17)7-15-13(18)8-2-1-3-9(6-8)16(19)20/h1-6,10,17H,7H2,(H,15,18)/t10-/m0/s1. The zero-order valence-corrected chi connectivity index (χ0v) is 12.2. The van der Waals surface area contributed by atoms with Crippen molar-refractivity contribution in [2.45, 2.75) is 6.10 Å². The van der Waals surface area contributed by atoms with E-state index >= 15 is 0 Å². The van der Waals surface area contributed by atoms with Crippen LogP contribution in [0.3, 0.4) is 0 Å². The summed E-state index contributed by atoms with van der Waals surface area (Å²) in [7, 11) is 0. The van der Waals surface area contributed by atoms with Gasteiger partial charge in [-0.15, -0.1) is 11.3 Å². The summed E-state index contributed by atoms with van der Waals surface area (Å²) in [6.45, 7) is -0.00162. The number of nitro benzene ring substituents is 1. The third-order valence-corrected chi connectivity index (χ3v) is 4.03. The van der Waals surface area contributed by atoms with Gasteiger partial charge in [0.15, 0.2) is 0 Å². The van der Waals surface area contributed by atoms with Crippen molar-refractivity contribution in [2.24, 2.45) is 0 Å². The van der Waals surface area contributed by atoms with Crippen molar-refractivity contribution in [3.05, 3.63) is 61.3 Å². The molecule has 1 amide bonds. The molecule has 0 aliphatic carbocycles. The lowest BCUT2D eigenvalue weighted by Gasteiger charge is -2.10. The van der Waals surface area contributed by atoms with Crippen LogP contribution in [-0.2, 0) is 0 Å². The first kappa shape index (κ1) is 15.4. The quantitative estimate of drug-likeness (QED) is 0.652. The minimum Gasteiger partial charge on any atom is -0.386 e. The predicted octanol–water partition coefficient (Wildman–Crippen LogP) is 2.77. The molecule has 2 rings (SSSR count). The van der Waals surface area contributed by atoms with E-state index in [1.807, 2.05) is 0 Å². The van der Waals surface area contributed by atoms with E-state index in [1.165, 1.54) is 35.6 Å². The number of halogens is 1. The number of benzene rings is 1. The maximum absolute atomic E-state index is 11.9. The van der Waals surface area contributed by atoms with Crippen LogP contribution in [0.1, 0.15) is 21.3 Å². The lowest BCUT2D eigenvalue weighted by Crippen LogP contribution is -2.28. The van der Waals surface area contributed by atoms with Gasteiger partial charge in [0, 0.05) is 29.1 Å². The zero-order chi connectivity index (χ0) is 15.4. The number of aliphatic hydroxyl groups is 1. The summed E-state index contributed by atoms with van der Waals surface area (Å²) in [6, 6.07) is 8.73. The van der Waals surface area contributed by atoms with E-state index in [9.17, 15) is 20.0 Å². The lowest BCUT2D eigenvalue weighted by molar-refractivity contribution is -0.384. The van der Waals surface area contributed by atoms with Crippen molar-refractivity contribution in [1.82, 2.24) is 5.32 Å². The summed E-state index contributed by atoms with van der Waals surface area (Å²) < 4.78 is 0.550. The number of nitrogens with one attached hydrogen (secondary N) is 1. The highest BCUT2D eigenvalue weighted by Gasteiger charge is 2.14. The van der Waals surface area contributed by atoms with Gasteiger partial charge in [0.1, 0.15) is 6.10 Å². The Morgan fingerprint density at radius 1 is 1.43 bits per heavy atom. The minimum absolute atomic E-state index is 0.00162. The fourth-order valence-corrected chi connectivity index (χ4v) is 2.71. The lowest BCUT2D eigenvalue weighted by atomic mass is 10.2. The van der Waals surface area contributed by atoms with Crippen LogP contribution in [-0.4, -0.2) is 22.5 Å². The van der Waals surface area contributed by atoms with Crippen molar-refractivity contribution >= 4 is 34.5 Å². The summed E-state index contributed by atoms with van der Waals surface area (Å²) in [6.07, 6.45) is -0.870. The Kier molecular flexibility index (Phi) is 4.89. The predicted molar refractivity (Wildman–Crippen MR) is 79.7 cm³/mol. The fourth-order valence-electron chi connectivity index (χ4n) is 1.66. The van der Waals surface area contributed by atoms with Crippen molar-refractivity contribution in [1.29, 1.82) is 0 Å². The van der Waals surface area contributed by atoms with E-state index in [0.29, 0.717) is 9.21 Å². The third-order valence-electron chi connectivity index (χ3n) is 2.70. The molecule has 0 spiro atoms. The molecule has 1 aromatic carbocycles. The average molecular weight is 327 g/mol.